The van der Waals surface area contributed by atoms with E-state index in [-0.39, 0.29) is 11.2 Å². The molecular formula is C24H18N4O3S. The molecular weight excluding hydrogens is 424 g/mol. The molecule has 0 fully saturated rings. The minimum atomic E-state index is -0.409. The average Bonchev–Trinajstić information content (AvgIpc) is 3.18. The summed E-state index contributed by atoms with van der Waals surface area (Å²) in [5, 5.41) is 12.5. The Morgan fingerprint density at radius 3 is 2.66 bits per heavy atom. The highest BCUT2D eigenvalue weighted by Crippen LogP contribution is 2.29. The topological polar surface area (TPSA) is 93.8 Å². The summed E-state index contributed by atoms with van der Waals surface area (Å²) in [6, 6.07) is 21.9. The normalized spacial score (nSPS) is 11.3. The van der Waals surface area contributed by atoms with E-state index >= 15 is 0 Å². The molecule has 0 atom stereocenters. The Labute approximate surface area is 186 Å². The molecule has 0 saturated carbocycles. The standard InChI is InChI=1S/C24H18N4O3S/c1-15-7-2-5-12-20(15)27-23(29)22-21(18-10-3-4-11-19(18)25-22)26-24(27)32-14-16-8-6-9-17(13-16)28(30)31/h2-13,25H,14H2,1H3. The van der Waals surface area contributed by atoms with Crippen molar-refractivity contribution in [3.8, 4) is 5.69 Å². The number of rotatable bonds is 5. The van der Waals surface area contributed by atoms with Crippen LogP contribution < -0.4 is 5.56 Å². The lowest BCUT2D eigenvalue weighted by Gasteiger charge is -2.14. The zero-order valence-electron chi connectivity index (χ0n) is 17.1. The van der Waals surface area contributed by atoms with E-state index in [1.165, 1.54) is 17.8 Å². The van der Waals surface area contributed by atoms with Crippen LogP contribution in [0.5, 0.6) is 0 Å². The van der Waals surface area contributed by atoms with Gasteiger partial charge in [-0.25, -0.2) is 4.98 Å². The van der Waals surface area contributed by atoms with E-state index in [9.17, 15) is 14.9 Å². The highest BCUT2D eigenvalue weighted by atomic mass is 32.2. The Balaban J connectivity index is 1.69. The molecule has 0 aliphatic carbocycles. The number of aromatic amines is 1. The first kappa shape index (κ1) is 20.0. The maximum atomic E-state index is 13.6. The third kappa shape index (κ3) is 3.44. The maximum Gasteiger partial charge on any atom is 0.283 e. The van der Waals surface area contributed by atoms with Crippen molar-refractivity contribution in [3.63, 3.8) is 0 Å². The molecule has 0 unspecified atom stereocenters. The molecule has 0 spiro atoms. The van der Waals surface area contributed by atoms with Gasteiger partial charge in [0, 0.05) is 28.8 Å². The molecule has 2 heterocycles. The third-order valence-corrected chi connectivity index (χ3v) is 6.35. The zero-order valence-corrected chi connectivity index (χ0v) is 17.9. The van der Waals surface area contributed by atoms with Gasteiger partial charge in [-0.3, -0.25) is 19.5 Å². The van der Waals surface area contributed by atoms with Gasteiger partial charge in [-0.1, -0.05) is 60.3 Å². The lowest BCUT2D eigenvalue weighted by molar-refractivity contribution is -0.384. The van der Waals surface area contributed by atoms with Crippen LogP contribution in [0.25, 0.3) is 27.6 Å². The first-order valence-corrected chi connectivity index (χ1v) is 11.0. The van der Waals surface area contributed by atoms with Gasteiger partial charge in [0.2, 0.25) is 0 Å². The van der Waals surface area contributed by atoms with E-state index in [1.807, 2.05) is 61.5 Å². The van der Waals surface area contributed by atoms with Crippen molar-refractivity contribution in [3.05, 3.63) is 104 Å². The zero-order chi connectivity index (χ0) is 22.2. The van der Waals surface area contributed by atoms with Crippen molar-refractivity contribution >= 4 is 39.4 Å². The van der Waals surface area contributed by atoms with Crippen LogP contribution in [-0.4, -0.2) is 19.5 Å². The minimum Gasteiger partial charge on any atom is -0.349 e. The Kier molecular flexibility index (Phi) is 4.99. The molecule has 3 aromatic carbocycles. The number of nitrogens with zero attached hydrogens (tertiary/aromatic N) is 3. The Morgan fingerprint density at radius 1 is 1.06 bits per heavy atom. The van der Waals surface area contributed by atoms with Crippen LogP contribution in [0, 0.1) is 17.0 Å². The fourth-order valence-corrected chi connectivity index (χ4v) is 4.72. The molecule has 5 aromatic rings. The fraction of sp³-hybridized carbons (Fsp3) is 0.0833. The van der Waals surface area contributed by atoms with Crippen LogP contribution >= 0.6 is 11.8 Å². The molecule has 0 saturated heterocycles. The number of nitro groups is 1. The van der Waals surface area contributed by atoms with Crippen molar-refractivity contribution in [2.75, 3.05) is 0 Å². The molecule has 5 rings (SSSR count). The van der Waals surface area contributed by atoms with Crippen LogP contribution in [-0.2, 0) is 5.75 Å². The molecule has 1 N–H and O–H groups in total. The van der Waals surface area contributed by atoms with E-state index in [0.29, 0.717) is 21.9 Å². The number of hydrogen-bond donors (Lipinski definition) is 1. The van der Waals surface area contributed by atoms with Gasteiger partial charge in [0.15, 0.2) is 5.16 Å². The quantitative estimate of drug-likeness (QED) is 0.171. The second kappa shape index (κ2) is 7.97. The smallest absolute Gasteiger partial charge is 0.283 e. The van der Waals surface area contributed by atoms with Crippen LogP contribution in [0.15, 0.2) is 82.7 Å². The van der Waals surface area contributed by atoms with Crippen LogP contribution in [0.4, 0.5) is 5.69 Å². The molecule has 158 valence electrons. The van der Waals surface area contributed by atoms with E-state index < -0.39 is 4.92 Å². The van der Waals surface area contributed by atoms with Crippen molar-refractivity contribution in [2.24, 2.45) is 0 Å². The van der Waals surface area contributed by atoms with Crippen molar-refractivity contribution < 1.29 is 4.92 Å². The van der Waals surface area contributed by atoms with E-state index in [1.54, 1.807) is 16.7 Å². The predicted molar refractivity (Wildman–Crippen MR) is 127 cm³/mol. The first-order chi connectivity index (χ1) is 15.5. The second-order valence-electron chi connectivity index (χ2n) is 7.43. The van der Waals surface area contributed by atoms with Gasteiger partial charge >= 0.3 is 0 Å². The van der Waals surface area contributed by atoms with Crippen molar-refractivity contribution in [1.29, 1.82) is 0 Å². The monoisotopic (exact) mass is 442 g/mol. The molecule has 0 aliphatic heterocycles. The number of non-ortho nitro benzene ring substituents is 1. The molecule has 0 amide bonds. The molecule has 0 radical (unpaired) electrons. The van der Waals surface area contributed by atoms with Crippen LogP contribution in [0.3, 0.4) is 0 Å². The van der Waals surface area contributed by atoms with Crippen LogP contribution in [0.1, 0.15) is 11.1 Å². The minimum absolute atomic E-state index is 0.0411. The Hall–Kier alpha value is -3.91. The number of H-pyrrole nitrogens is 1. The maximum absolute atomic E-state index is 13.6. The Bertz CT molecular complexity index is 1550. The molecule has 0 bridgehead atoms. The number of aryl methyl sites for hydroxylation is 1. The Morgan fingerprint density at radius 2 is 1.84 bits per heavy atom. The van der Waals surface area contributed by atoms with E-state index in [2.05, 4.69) is 4.98 Å². The number of hydrogen-bond acceptors (Lipinski definition) is 5. The number of aromatic nitrogens is 3. The van der Waals surface area contributed by atoms with Crippen molar-refractivity contribution in [2.45, 2.75) is 17.8 Å². The van der Waals surface area contributed by atoms with Gasteiger partial charge < -0.3 is 4.98 Å². The van der Waals surface area contributed by atoms with Gasteiger partial charge in [-0.15, -0.1) is 0 Å². The van der Waals surface area contributed by atoms with E-state index in [0.717, 1.165) is 27.7 Å². The van der Waals surface area contributed by atoms with Gasteiger partial charge in [0.05, 0.1) is 10.6 Å². The van der Waals surface area contributed by atoms with Gasteiger partial charge in [-0.2, -0.15) is 0 Å². The highest BCUT2D eigenvalue weighted by molar-refractivity contribution is 7.98. The molecule has 2 aromatic heterocycles. The summed E-state index contributed by atoms with van der Waals surface area (Å²) in [4.78, 5) is 32.4. The number of thioether (sulfide) groups is 1. The summed E-state index contributed by atoms with van der Waals surface area (Å²) in [6.07, 6.45) is 0. The van der Waals surface area contributed by atoms with Crippen LogP contribution in [0.2, 0.25) is 0 Å². The fourth-order valence-electron chi connectivity index (χ4n) is 3.77. The summed E-state index contributed by atoms with van der Waals surface area (Å²) in [5.74, 6) is 0.438. The summed E-state index contributed by atoms with van der Waals surface area (Å²) in [5.41, 5.74) is 4.28. The largest absolute Gasteiger partial charge is 0.349 e. The lowest BCUT2D eigenvalue weighted by Crippen LogP contribution is -2.22. The first-order valence-electron chi connectivity index (χ1n) is 9.98. The molecule has 7 nitrogen and oxygen atoms in total. The highest BCUT2D eigenvalue weighted by Gasteiger charge is 2.18. The SMILES string of the molecule is Cc1ccccc1-n1c(SCc2cccc([N+](=O)[O-])c2)nc2c([nH]c3ccccc32)c1=O. The second-order valence-corrected chi connectivity index (χ2v) is 8.37. The average molecular weight is 443 g/mol. The summed E-state index contributed by atoms with van der Waals surface area (Å²) >= 11 is 1.38. The third-order valence-electron chi connectivity index (χ3n) is 5.34. The number of para-hydroxylation sites is 2. The van der Waals surface area contributed by atoms with Gasteiger partial charge in [0.1, 0.15) is 11.0 Å². The number of benzene rings is 3. The number of nitro benzene ring substituents is 1. The number of fused-ring (bicyclic) bond motifs is 3. The van der Waals surface area contributed by atoms with E-state index in [4.69, 9.17) is 4.98 Å². The number of nitrogens with one attached hydrogen (secondary N) is 1. The van der Waals surface area contributed by atoms with Gasteiger partial charge in [-0.05, 0) is 30.2 Å². The predicted octanol–water partition coefficient (Wildman–Crippen LogP) is 5.38. The summed E-state index contributed by atoms with van der Waals surface area (Å²) in [6.45, 7) is 1.95. The molecule has 8 heteroatoms. The molecule has 0 aliphatic rings. The summed E-state index contributed by atoms with van der Waals surface area (Å²) in [7, 11) is 0. The van der Waals surface area contributed by atoms with Crippen molar-refractivity contribution in [1.82, 2.24) is 14.5 Å². The summed E-state index contributed by atoms with van der Waals surface area (Å²) < 4.78 is 1.62. The molecule has 32 heavy (non-hydrogen) atoms. The lowest BCUT2D eigenvalue weighted by atomic mass is 10.2. The van der Waals surface area contributed by atoms with Gasteiger partial charge in [0.25, 0.3) is 11.2 Å².